The summed E-state index contributed by atoms with van der Waals surface area (Å²) in [5, 5.41) is 6.30. The lowest BCUT2D eigenvalue weighted by molar-refractivity contribution is -0.118. The monoisotopic (exact) mass is 186 g/mol. The molecule has 74 valence electrons. The largest absolute Gasteiger partial charge is 0.350 e. The molecule has 0 aromatic heterocycles. The van der Waals surface area contributed by atoms with Crippen molar-refractivity contribution in [1.82, 2.24) is 10.7 Å². The first-order chi connectivity index (χ1) is 6.07. The number of hydrazone groups is 1. The van der Waals surface area contributed by atoms with Crippen LogP contribution >= 0.6 is 0 Å². The molecule has 4 N–H and O–H groups in total. The normalized spacial score (nSPS) is 12.8. The fourth-order valence-electron chi connectivity index (χ4n) is 0.754. The summed E-state index contributed by atoms with van der Waals surface area (Å²) in [7, 11) is 1.68. The number of carbonyl (C=O) groups is 2. The zero-order chi connectivity index (χ0) is 10.3. The minimum absolute atomic E-state index is 0.0213. The Labute approximate surface area is 76.6 Å². The Kier molecular flexibility index (Phi) is 5.45. The van der Waals surface area contributed by atoms with Gasteiger partial charge >= 0.3 is 6.03 Å². The highest BCUT2D eigenvalue weighted by atomic mass is 16.2. The van der Waals surface area contributed by atoms with Crippen LogP contribution in [0.25, 0.3) is 0 Å². The van der Waals surface area contributed by atoms with Gasteiger partial charge < -0.3 is 11.1 Å². The van der Waals surface area contributed by atoms with Crippen LogP contribution < -0.4 is 16.5 Å². The molecule has 0 aliphatic carbocycles. The Morgan fingerprint density at radius 1 is 1.62 bits per heavy atom. The molecule has 0 rings (SSSR count). The number of primary amides is 1. The van der Waals surface area contributed by atoms with Crippen LogP contribution in [-0.2, 0) is 4.79 Å². The maximum absolute atomic E-state index is 10.9. The molecule has 0 aliphatic rings. The number of nitrogens with one attached hydrogen (secondary N) is 2. The number of nitrogens with zero attached hydrogens (tertiary/aromatic N) is 1. The molecule has 0 aromatic carbocycles. The Morgan fingerprint density at radius 2 is 2.23 bits per heavy atom. The zero-order valence-corrected chi connectivity index (χ0v) is 7.70. The maximum Gasteiger partial charge on any atom is 0.332 e. The van der Waals surface area contributed by atoms with E-state index in [4.69, 9.17) is 5.73 Å². The molecule has 1 atom stereocenters. The number of hydrogen-bond donors (Lipinski definition) is 3. The Hall–Kier alpha value is -1.43. The topological polar surface area (TPSA) is 96.6 Å². The van der Waals surface area contributed by atoms with Crippen molar-refractivity contribution >= 4 is 18.0 Å². The van der Waals surface area contributed by atoms with Crippen LogP contribution in [0.15, 0.2) is 5.10 Å². The lowest BCUT2D eigenvalue weighted by Gasteiger charge is -2.07. The van der Waals surface area contributed by atoms with Gasteiger partial charge in [0.2, 0.25) is 0 Å². The fourth-order valence-corrected chi connectivity index (χ4v) is 0.754. The number of hydrogen-bond acceptors (Lipinski definition) is 4. The third kappa shape index (κ3) is 5.80. The lowest BCUT2D eigenvalue weighted by Crippen LogP contribution is -2.33. The number of amides is 2. The van der Waals surface area contributed by atoms with Gasteiger partial charge in [0, 0.05) is 12.6 Å². The van der Waals surface area contributed by atoms with Crippen LogP contribution in [0.1, 0.15) is 13.3 Å². The summed E-state index contributed by atoms with van der Waals surface area (Å²) in [6.45, 7) is 1.48. The first kappa shape index (κ1) is 11.6. The average Bonchev–Trinajstić information content (AvgIpc) is 2.03. The van der Waals surface area contributed by atoms with E-state index in [1.165, 1.54) is 13.1 Å². The highest BCUT2D eigenvalue weighted by molar-refractivity contribution is 5.84. The van der Waals surface area contributed by atoms with Crippen LogP contribution in [0.3, 0.4) is 0 Å². The molecule has 6 heteroatoms. The van der Waals surface area contributed by atoms with Gasteiger partial charge in [-0.05, 0) is 14.0 Å². The van der Waals surface area contributed by atoms with Crippen molar-refractivity contribution in [1.29, 1.82) is 0 Å². The van der Waals surface area contributed by atoms with Crippen molar-refractivity contribution in [2.45, 2.75) is 19.4 Å². The number of likely N-dealkylation sites (N-methyl/N-ethyl adjacent to an activating group) is 1. The Balaban J connectivity index is 3.78. The fraction of sp³-hybridized carbons (Fsp3) is 0.571. The maximum atomic E-state index is 10.9. The number of rotatable bonds is 5. The summed E-state index contributed by atoms with van der Waals surface area (Å²) < 4.78 is 0. The number of Topliss-reactive ketones (excluding diaryl/α,β-unsaturated/α-hetero) is 1. The second kappa shape index (κ2) is 6.13. The van der Waals surface area contributed by atoms with E-state index in [0.717, 1.165) is 0 Å². The van der Waals surface area contributed by atoms with E-state index in [1.807, 2.05) is 5.43 Å². The minimum atomic E-state index is -0.722. The van der Waals surface area contributed by atoms with E-state index in [0.29, 0.717) is 6.42 Å². The highest BCUT2D eigenvalue weighted by Crippen LogP contribution is 1.89. The van der Waals surface area contributed by atoms with Gasteiger partial charge in [0.15, 0.2) is 0 Å². The molecule has 13 heavy (non-hydrogen) atoms. The molecule has 0 aromatic rings. The van der Waals surface area contributed by atoms with Gasteiger partial charge in [-0.15, -0.1) is 0 Å². The second-order valence-corrected chi connectivity index (χ2v) is 2.48. The number of carbonyl (C=O) groups excluding carboxylic acids is 2. The summed E-state index contributed by atoms with van der Waals surface area (Å²) in [5.41, 5.74) is 6.79. The SMILES string of the molecule is CN[C@@H](C/C=N/NC(N)=O)C(C)=O. The van der Waals surface area contributed by atoms with Crippen LogP contribution in [0, 0.1) is 0 Å². The molecule has 0 aliphatic heterocycles. The first-order valence-electron chi connectivity index (χ1n) is 3.82. The quantitative estimate of drug-likeness (QED) is 0.387. The van der Waals surface area contributed by atoms with E-state index in [2.05, 4.69) is 10.4 Å². The number of ketones is 1. The third-order valence-corrected chi connectivity index (χ3v) is 1.45. The van der Waals surface area contributed by atoms with Crippen molar-refractivity contribution in [3.05, 3.63) is 0 Å². The summed E-state index contributed by atoms with van der Waals surface area (Å²) in [5.74, 6) is 0.0213. The molecule has 0 fully saturated rings. The molecule has 0 bridgehead atoms. The van der Waals surface area contributed by atoms with Crippen LogP contribution in [0.5, 0.6) is 0 Å². The van der Waals surface area contributed by atoms with E-state index >= 15 is 0 Å². The van der Waals surface area contributed by atoms with Crippen LogP contribution in [0.4, 0.5) is 4.79 Å². The molecule has 2 amide bonds. The standard InChI is InChI=1S/C7H14N4O2/c1-5(12)6(9-2)3-4-10-11-7(8)13/h4,6,9H,3H2,1-2H3,(H3,8,11,13)/b10-4+/t6-/m0/s1. The third-order valence-electron chi connectivity index (χ3n) is 1.45. The van der Waals surface area contributed by atoms with E-state index in [-0.39, 0.29) is 11.8 Å². The van der Waals surface area contributed by atoms with Gasteiger partial charge in [-0.2, -0.15) is 5.10 Å². The summed E-state index contributed by atoms with van der Waals surface area (Å²) >= 11 is 0. The first-order valence-corrected chi connectivity index (χ1v) is 3.82. The van der Waals surface area contributed by atoms with E-state index < -0.39 is 6.03 Å². The van der Waals surface area contributed by atoms with Gasteiger partial charge in [0.25, 0.3) is 0 Å². The van der Waals surface area contributed by atoms with E-state index in [9.17, 15) is 9.59 Å². The Morgan fingerprint density at radius 3 is 2.62 bits per heavy atom. The van der Waals surface area contributed by atoms with Crippen molar-refractivity contribution in [2.24, 2.45) is 10.8 Å². The molecule has 0 spiro atoms. The molecular weight excluding hydrogens is 172 g/mol. The predicted octanol–water partition coefficient (Wildman–Crippen LogP) is -0.792. The predicted molar refractivity (Wildman–Crippen MR) is 49.4 cm³/mol. The zero-order valence-electron chi connectivity index (χ0n) is 7.70. The van der Waals surface area contributed by atoms with Crippen LogP contribution in [-0.4, -0.2) is 31.1 Å². The van der Waals surface area contributed by atoms with Gasteiger partial charge in [0.05, 0.1) is 6.04 Å². The summed E-state index contributed by atoms with van der Waals surface area (Å²) in [6.07, 6.45) is 1.85. The lowest BCUT2D eigenvalue weighted by atomic mass is 10.1. The Bertz CT molecular complexity index is 215. The van der Waals surface area contributed by atoms with Crippen molar-refractivity contribution < 1.29 is 9.59 Å². The van der Waals surface area contributed by atoms with E-state index in [1.54, 1.807) is 7.05 Å². The average molecular weight is 186 g/mol. The van der Waals surface area contributed by atoms with Crippen molar-refractivity contribution in [2.75, 3.05) is 7.05 Å². The minimum Gasteiger partial charge on any atom is -0.350 e. The summed E-state index contributed by atoms with van der Waals surface area (Å²) in [6, 6.07) is -0.987. The summed E-state index contributed by atoms with van der Waals surface area (Å²) in [4.78, 5) is 21.0. The van der Waals surface area contributed by atoms with Gasteiger partial charge in [0.1, 0.15) is 5.78 Å². The van der Waals surface area contributed by atoms with Gasteiger partial charge in [-0.25, -0.2) is 10.2 Å². The highest BCUT2D eigenvalue weighted by Gasteiger charge is 2.08. The number of urea groups is 1. The van der Waals surface area contributed by atoms with Crippen LogP contribution in [0.2, 0.25) is 0 Å². The smallest absolute Gasteiger partial charge is 0.332 e. The molecular formula is C7H14N4O2. The molecule has 0 unspecified atom stereocenters. The second-order valence-electron chi connectivity index (χ2n) is 2.48. The molecule has 0 saturated heterocycles. The van der Waals surface area contributed by atoms with Crippen molar-refractivity contribution in [3.63, 3.8) is 0 Å². The van der Waals surface area contributed by atoms with Gasteiger partial charge in [-0.3, -0.25) is 4.79 Å². The van der Waals surface area contributed by atoms with Crippen molar-refractivity contribution in [3.8, 4) is 0 Å². The number of nitrogens with two attached hydrogens (primary N) is 1. The molecule has 0 radical (unpaired) electrons. The molecule has 0 saturated carbocycles. The van der Waals surface area contributed by atoms with Gasteiger partial charge in [-0.1, -0.05) is 0 Å². The molecule has 6 nitrogen and oxygen atoms in total. The molecule has 0 heterocycles.